The van der Waals surface area contributed by atoms with Gasteiger partial charge in [-0.3, -0.25) is 9.59 Å². The molecule has 0 fully saturated rings. The minimum atomic E-state index is -0.972. The second-order valence-corrected chi connectivity index (χ2v) is 5.45. The summed E-state index contributed by atoms with van der Waals surface area (Å²) in [4.78, 5) is 30.4. The topological polar surface area (TPSA) is 83.0 Å². The van der Waals surface area contributed by atoms with Gasteiger partial charge in [0.25, 0.3) is 0 Å². The normalized spacial score (nSPS) is 14.3. The number of nitrogens with zero attached hydrogens (tertiary/aromatic N) is 1. The quantitative estimate of drug-likeness (QED) is 0.847. The zero-order chi connectivity index (χ0) is 14.2. The molecule has 5 nitrogen and oxygen atoms in total. The molecule has 100 valence electrons. The maximum absolute atomic E-state index is 12.4. The maximum atomic E-state index is 12.4. The van der Waals surface area contributed by atoms with Gasteiger partial charge in [-0.1, -0.05) is 13.8 Å². The Hall–Kier alpha value is -1.69. The lowest BCUT2D eigenvalue weighted by Crippen LogP contribution is -2.25. The second-order valence-electron chi connectivity index (χ2n) is 4.53. The number of carbonyl (C=O) groups is 2. The number of carbonyl (C=O) groups excluding carboxylic acids is 1. The minimum absolute atomic E-state index is 0.193. The van der Waals surface area contributed by atoms with Crippen molar-refractivity contribution < 1.29 is 14.7 Å². The number of pyridine rings is 1. The van der Waals surface area contributed by atoms with Crippen LogP contribution in [-0.4, -0.2) is 26.8 Å². The molecule has 0 saturated carbocycles. The van der Waals surface area contributed by atoms with Gasteiger partial charge in [0.15, 0.2) is 5.78 Å². The first-order valence-corrected chi connectivity index (χ1v) is 6.60. The number of aromatic nitrogens is 2. The molecule has 2 unspecified atom stereocenters. The molecule has 0 aliphatic heterocycles. The highest BCUT2D eigenvalue weighted by atomic mass is 79.9. The summed E-state index contributed by atoms with van der Waals surface area (Å²) < 4.78 is 0.771. The molecule has 2 heterocycles. The maximum Gasteiger partial charge on any atom is 0.306 e. The van der Waals surface area contributed by atoms with Crippen LogP contribution in [0.5, 0.6) is 0 Å². The fourth-order valence-corrected chi connectivity index (χ4v) is 2.20. The Morgan fingerprint density at radius 1 is 1.37 bits per heavy atom. The summed E-state index contributed by atoms with van der Waals surface area (Å²) >= 11 is 3.31. The summed E-state index contributed by atoms with van der Waals surface area (Å²) in [5.41, 5.74) is 1.09. The van der Waals surface area contributed by atoms with E-state index >= 15 is 0 Å². The van der Waals surface area contributed by atoms with E-state index in [1.54, 1.807) is 25.4 Å². The van der Waals surface area contributed by atoms with Gasteiger partial charge in [0.05, 0.1) is 5.92 Å². The number of Topliss-reactive ketones (excluding diaryl/α,β-unsaturated/α-hetero) is 1. The van der Waals surface area contributed by atoms with Crippen LogP contribution >= 0.6 is 15.9 Å². The summed E-state index contributed by atoms with van der Waals surface area (Å²) in [6.45, 7) is 3.17. The fraction of sp³-hybridized carbons (Fsp3) is 0.308. The van der Waals surface area contributed by atoms with E-state index in [9.17, 15) is 9.59 Å². The number of aromatic amines is 1. The third-order valence-electron chi connectivity index (χ3n) is 3.32. The zero-order valence-electron chi connectivity index (χ0n) is 10.5. The van der Waals surface area contributed by atoms with Crippen LogP contribution in [0.1, 0.15) is 24.2 Å². The molecule has 2 atom stereocenters. The van der Waals surface area contributed by atoms with E-state index in [1.807, 2.05) is 0 Å². The molecule has 0 bridgehead atoms. The molecular weight excluding hydrogens is 312 g/mol. The van der Waals surface area contributed by atoms with Crippen molar-refractivity contribution in [2.45, 2.75) is 13.8 Å². The molecule has 2 aromatic rings. The number of carboxylic acid groups (broad SMARTS) is 1. The molecule has 19 heavy (non-hydrogen) atoms. The number of fused-ring (bicyclic) bond motifs is 1. The fourth-order valence-electron chi connectivity index (χ4n) is 1.87. The molecule has 0 spiro atoms. The third-order valence-corrected chi connectivity index (χ3v) is 3.75. The van der Waals surface area contributed by atoms with E-state index in [1.165, 1.54) is 6.92 Å². The van der Waals surface area contributed by atoms with Gasteiger partial charge in [-0.15, -0.1) is 0 Å². The molecule has 0 aliphatic carbocycles. The molecule has 0 radical (unpaired) electrons. The molecule has 0 amide bonds. The van der Waals surface area contributed by atoms with Crippen molar-refractivity contribution in [3.05, 3.63) is 28.5 Å². The molecule has 6 heteroatoms. The molecule has 0 aliphatic rings. The van der Waals surface area contributed by atoms with E-state index in [0.29, 0.717) is 16.6 Å². The molecule has 2 N–H and O–H groups in total. The van der Waals surface area contributed by atoms with Crippen LogP contribution in [0, 0.1) is 11.8 Å². The lowest BCUT2D eigenvalue weighted by Gasteiger charge is -2.14. The Morgan fingerprint density at radius 3 is 2.68 bits per heavy atom. The smallest absolute Gasteiger partial charge is 0.306 e. The van der Waals surface area contributed by atoms with E-state index in [-0.39, 0.29) is 5.78 Å². The Kier molecular flexibility index (Phi) is 3.71. The molecular formula is C13H13BrN2O3. The third kappa shape index (κ3) is 2.53. The summed E-state index contributed by atoms with van der Waals surface area (Å²) in [6.07, 6.45) is 3.22. The predicted octanol–water partition coefficient (Wildman–Crippen LogP) is 2.86. The van der Waals surface area contributed by atoms with E-state index in [0.717, 1.165) is 4.47 Å². The highest BCUT2D eigenvalue weighted by molar-refractivity contribution is 9.10. The van der Waals surface area contributed by atoms with Gasteiger partial charge in [0, 0.05) is 33.7 Å². The van der Waals surface area contributed by atoms with E-state index in [4.69, 9.17) is 5.11 Å². The number of rotatable bonds is 4. The van der Waals surface area contributed by atoms with Crippen LogP contribution in [0.2, 0.25) is 0 Å². The molecule has 2 rings (SSSR count). The zero-order valence-corrected chi connectivity index (χ0v) is 12.1. The van der Waals surface area contributed by atoms with E-state index < -0.39 is 17.8 Å². The molecule has 2 aromatic heterocycles. The van der Waals surface area contributed by atoms with Crippen LogP contribution in [0.3, 0.4) is 0 Å². The number of H-pyrrole nitrogens is 1. The van der Waals surface area contributed by atoms with Crippen molar-refractivity contribution in [1.82, 2.24) is 9.97 Å². The van der Waals surface area contributed by atoms with Gasteiger partial charge in [-0.2, -0.15) is 0 Å². The van der Waals surface area contributed by atoms with Crippen molar-refractivity contribution >= 4 is 38.7 Å². The summed E-state index contributed by atoms with van der Waals surface area (Å²) in [5.74, 6) is -2.48. The SMILES string of the molecule is CC(C(=O)O)C(C)C(=O)c1c[nH]c2ncc(Br)cc12. The second kappa shape index (κ2) is 5.13. The number of nitrogens with one attached hydrogen (secondary N) is 1. The Labute approximate surface area is 118 Å². The van der Waals surface area contributed by atoms with Crippen molar-refractivity contribution in [2.75, 3.05) is 0 Å². The van der Waals surface area contributed by atoms with Crippen molar-refractivity contribution in [3.8, 4) is 0 Å². The van der Waals surface area contributed by atoms with Crippen molar-refractivity contribution in [3.63, 3.8) is 0 Å². The molecule has 0 aromatic carbocycles. The van der Waals surface area contributed by atoms with Gasteiger partial charge in [-0.05, 0) is 22.0 Å². The lowest BCUT2D eigenvalue weighted by molar-refractivity contribution is -0.142. The average molecular weight is 325 g/mol. The van der Waals surface area contributed by atoms with Crippen LogP contribution in [0.25, 0.3) is 11.0 Å². The lowest BCUT2D eigenvalue weighted by atomic mass is 9.88. The first kappa shape index (κ1) is 13.7. The predicted molar refractivity (Wildman–Crippen MR) is 74.1 cm³/mol. The first-order chi connectivity index (χ1) is 8.91. The van der Waals surface area contributed by atoms with E-state index in [2.05, 4.69) is 25.9 Å². The van der Waals surface area contributed by atoms with Crippen molar-refractivity contribution in [1.29, 1.82) is 0 Å². The number of hydrogen-bond donors (Lipinski definition) is 2. The van der Waals surface area contributed by atoms with Crippen molar-refractivity contribution in [2.24, 2.45) is 11.8 Å². The number of hydrogen-bond acceptors (Lipinski definition) is 3. The largest absolute Gasteiger partial charge is 0.481 e. The van der Waals surface area contributed by atoms with Gasteiger partial charge in [-0.25, -0.2) is 4.98 Å². The van der Waals surface area contributed by atoms with Crippen LogP contribution in [0.4, 0.5) is 0 Å². The van der Waals surface area contributed by atoms with Gasteiger partial charge in [0.2, 0.25) is 0 Å². The van der Waals surface area contributed by atoms with Crippen LogP contribution < -0.4 is 0 Å². The Balaban J connectivity index is 2.41. The monoisotopic (exact) mass is 324 g/mol. The van der Waals surface area contributed by atoms with Gasteiger partial charge < -0.3 is 10.1 Å². The molecule has 0 saturated heterocycles. The Bertz CT molecular complexity index is 650. The van der Waals surface area contributed by atoms with Gasteiger partial charge in [0.1, 0.15) is 5.65 Å². The van der Waals surface area contributed by atoms with Gasteiger partial charge >= 0.3 is 5.97 Å². The Morgan fingerprint density at radius 2 is 2.05 bits per heavy atom. The number of aliphatic carboxylic acids is 1. The number of ketones is 1. The highest BCUT2D eigenvalue weighted by Crippen LogP contribution is 2.25. The highest BCUT2D eigenvalue weighted by Gasteiger charge is 2.28. The standard InChI is InChI=1S/C13H13BrN2O3/c1-6(7(2)13(18)19)11(17)10-5-16-12-9(10)3-8(14)4-15-12/h3-7H,1-2H3,(H,15,16)(H,18,19). The first-order valence-electron chi connectivity index (χ1n) is 5.81. The minimum Gasteiger partial charge on any atom is -0.481 e. The average Bonchev–Trinajstić information content (AvgIpc) is 2.78. The summed E-state index contributed by atoms with van der Waals surface area (Å²) in [6, 6.07) is 1.80. The number of halogens is 1. The number of carboxylic acids is 1. The summed E-state index contributed by atoms with van der Waals surface area (Å²) in [7, 11) is 0. The van der Waals surface area contributed by atoms with Crippen LogP contribution in [-0.2, 0) is 4.79 Å². The van der Waals surface area contributed by atoms with Crippen LogP contribution in [0.15, 0.2) is 22.9 Å². The summed E-state index contributed by atoms with van der Waals surface area (Å²) in [5, 5.41) is 9.67.